The third kappa shape index (κ3) is 2.40. The zero-order chi connectivity index (χ0) is 13.2. The van der Waals surface area contributed by atoms with Crippen LogP contribution in [0.5, 0.6) is 0 Å². The van der Waals surface area contributed by atoms with Crippen LogP contribution in [0.4, 0.5) is 5.82 Å². The molecule has 0 spiro atoms. The molecule has 0 radical (unpaired) electrons. The summed E-state index contributed by atoms with van der Waals surface area (Å²) in [4.78, 5) is 16.3. The highest BCUT2D eigenvalue weighted by Gasteiger charge is 2.04. The molecule has 0 unspecified atom stereocenters. The largest absolute Gasteiger partial charge is 0.363 e. The maximum Gasteiger partial charge on any atom is 0.130 e. The second-order valence-electron chi connectivity index (χ2n) is 4.50. The van der Waals surface area contributed by atoms with Crippen LogP contribution in [0.1, 0.15) is 17.2 Å². The highest BCUT2D eigenvalue weighted by molar-refractivity contribution is 5.78. The van der Waals surface area contributed by atoms with Gasteiger partial charge >= 0.3 is 0 Å². The molecule has 0 amide bonds. The number of aryl methyl sites for hydroxylation is 2. The van der Waals surface area contributed by atoms with Crippen molar-refractivity contribution < 1.29 is 0 Å². The lowest BCUT2D eigenvalue weighted by Gasteiger charge is -2.03. The third-order valence-electron chi connectivity index (χ3n) is 2.98. The van der Waals surface area contributed by atoms with Gasteiger partial charge in [0.25, 0.3) is 0 Å². The van der Waals surface area contributed by atoms with Crippen molar-refractivity contribution in [2.24, 2.45) is 0 Å². The van der Waals surface area contributed by atoms with E-state index in [1.165, 1.54) is 5.56 Å². The molecule has 2 heterocycles. The number of para-hydroxylation sites is 1. The number of fused-ring (bicyclic) bond motifs is 1. The van der Waals surface area contributed by atoms with Crippen LogP contribution in [0, 0.1) is 13.8 Å². The molecule has 0 saturated carbocycles. The van der Waals surface area contributed by atoms with Crippen molar-refractivity contribution in [1.82, 2.24) is 19.9 Å². The summed E-state index contributed by atoms with van der Waals surface area (Å²) in [6, 6.07) is 7.98. The molecule has 96 valence electrons. The van der Waals surface area contributed by atoms with Crippen LogP contribution in [0.15, 0.2) is 30.5 Å². The summed E-state index contributed by atoms with van der Waals surface area (Å²) in [6.45, 7) is 4.55. The fourth-order valence-corrected chi connectivity index (χ4v) is 2.04. The molecule has 3 aromatic rings. The number of rotatable bonds is 3. The SMILES string of the molecule is Cc1nccc(NCc2nc3c(C)cccc3[nH]2)n1. The average Bonchev–Trinajstić information content (AvgIpc) is 2.81. The number of H-pyrrole nitrogens is 1. The van der Waals surface area contributed by atoms with E-state index in [1.807, 2.05) is 25.1 Å². The lowest BCUT2D eigenvalue weighted by molar-refractivity contribution is 0.974. The Morgan fingerprint density at radius 1 is 1.16 bits per heavy atom. The van der Waals surface area contributed by atoms with E-state index >= 15 is 0 Å². The molecule has 19 heavy (non-hydrogen) atoms. The molecule has 0 fully saturated rings. The maximum atomic E-state index is 4.59. The molecule has 0 atom stereocenters. The summed E-state index contributed by atoms with van der Waals surface area (Å²) in [5, 5.41) is 3.24. The Morgan fingerprint density at radius 3 is 2.84 bits per heavy atom. The van der Waals surface area contributed by atoms with Crippen LogP contribution in [0.25, 0.3) is 11.0 Å². The minimum atomic E-state index is 0.616. The number of imidazole rings is 1. The van der Waals surface area contributed by atoms with Crippen molar-refractivity contribution in [1.29, 1.82) is 0 Å². The molecule has 3 rings (SSSR count). The minimum Gasteiger partial charge on any atom is -0.363 e. The van der Waals surface area contributed by atoms with Crippen molar-refractivity contribution in [3.63, 3.8) is 0 Å². The van der Waals surface area contributed by atoms with Crippen molar-refractivity contribution in [2.75, 3.05) is 5.32 Å². The van der Waals surface area contributed by atoms with Crippen molar-refractivity contribution in [3.05, 3.63) is 47.7 Å². The first-order valence-corrected chi connectivity index (χ1v) is 6.20. The number of aromatic nitrogens is 4. The highest BCUT2D eigenvalue weighted by Crippen LogP contribution is 2.15. The number of hydrogen-bond donors (Lipinski definition) is 2. The second kappa shape index (κ2) is 4.68. The average molecular weight is 253 g/mol. The predicted octanol–water partition coefficient (Wildman–Crippen LogP) is 2.58. The maximum absolute atomic E-state index is 4.59. The highest BCUT2D eigenvalue weighted by atomic mass is 15.1. The molecular formula is C14H15N5. The Bertz CT molecular complexity index is 717. The molecule has 5 heteroatoms. The van der Waals surface area contributed by atoms with E-state index in [4.69, 9.17) is 0 Å². The van der Waals surface area contributed by atoms with E-state index < -0.39 is 0 Å². The van der Waals surface area contributed by atoms with Gasteiger partial charge < -0.3 is 10.3 Å². The van der Waals surface area contributed by atoms with Gasteiger partial charge in [-0.3, -0.25) is 0 Å². The minimum absolute atomic E-state index is 0.616. The lowest BCUT2D eigenvalue weighted by Crippen LogP contribution is -2.03. The number of hydrogen-bond acceptors (Lipinski definition) is 4. The first-order valence-electron chi connectivity index (χ1n) is 6.20. The topological polar surface area (TPSA) is 66.5 Å². The van der Waals surface area contributed by atoms with Crippen LogP contribution in [0.2, 0.25) is 0 Å². The fraction of sp³-hybridized carbons (Fsp3) is 0.214. The molecular weight excluding hydrogens is 238 g/mol. The molecule has 0 saturated heterocycles. The van der Waals surface area contributed by atoms with Gasteiger partial charge in [0.15, 0.2) is 0 Å². The second-order valence-corrected chi connectivity index (χ2v) is 4.50. The number of nitrogens with one attached hydrogen (secondary N) is 2. The van der Waals surface area contributed by atoms with Crippen LogP contribution in [0.3, 0.4) is 0 Å². The van der Waals surface area contributed by atoms with E-state index in [9.17, 15) is 0 Å². The predicted molar refractivity (Wildman–Crippen MR) is 74.9 cm³/mol. The van der Waals surface area contributed by atoms with Gasteiger partial charge in [-0.1, -0.05) is 12.1 Å². The first-order chi connectivity index (χ1) is 9.22. The van der Waals surface area contributed by atoms with Gasteiger partial charge in [0, 0.05) is 6.20 Å². The van der Waals surface area contributed by atoms with E-state index in [2.05, 4.69) is 38.2 Å². The molecule has 0 aliphatic carbocycles. The molecule has 0 aliphatic rings. The number of aromatic amines is 1. The van der Waals surface area contributed by atoms with Gasteiger partial charge in [0.2, 0.25) is 0 Å². The summed E-state index contributed by atoms with van der Waals surface area (Å²) >= 11 is 0. The van der Waals surface area contributed by atoms with Crippen molar-refractivity contribution >= 4 is 16.9 Å². The van der Waals surface area contributed by atoms with E-state index in [1.54, 1.807) is 6.20 Å². The molecule has 1 aromatic carbocycles. The van der Waals surface area contributed by atoms with Crippen LogP contribution < -0.4 is 5.32 Å². The first kappa shape index (κ1) is 11.6. The van der Waals surface area contributed by atoms with Crippen molar-refractivity contribution in [3.8, 4) is 0 Å². The quantitative estimate of drug-likeness (QED) is 0.753. The molecule has 0 bridgehead atoms. The standard InChI is InChI=1S/C14H15N5/c1-9-4-3-5-11-14(9)19-13(18-11)8-16-12-6-7-15-10(2)17-12/h3-7H,8H2,1-2H3,(H,18,19)(H,15,16,17). The zero-order valence-corrected chi connectivity index (χ0v) is 10.9. The Morgan fingerprint density at radius 2 is 2.05 bits per heavy atom. The molecule has 0 aliphatic heterocycles. The Kier molecular flexibility index (Phi) is 2.87. The fourth-order valence-electron chi connectivity index (χ4n) is 2.04. The van der Waals surface area contributed by atoms with E-state index in [0.717, 1.165) is 28.5 Å². The summed E-state index contributed by atoms with van der Waals surface area (Å²) in [5.41, 5.74) is 3.27. The Balaban J connectivity index is 1.80. The van der Waals surface area contributed by atoms with Gasteiger partial charge in [0.1, 0.15) is 17.5 Å². The summed E-state index contributed by atoms with van der Waals surface area (Å²) in [7, 11) is 0. The van der Waals surface area contributed by atoms with Gasteiger partial charge in [-0.05, 0) is 31.5 Å². The van der Waals surface area contributed by atoms with Crippen molar-refractivity contribution in [2.45, 2.75) is 20.4 Å². The third-order valence-corrected chi connectivity index (χ3v) is 2.98. The van der Waals surface area contributed by atoms with Gasteiger partial charge in [-0.15, -0.1) is 0 Å². The smallest absolute Gasteiger partial charge is 0.130 e. The normalized spacial score (nSPS) is 10.8. The van der Waals surface area contributed by atoms with E-state index in [-0.39, 0.29) is 0 Å². The van der Waals surface area contributed by atoms with Gasteiger partial charge in [0.05, 0.1) is 17.6 Å². The number of benzene rings is 1. The van der Waals surface area contributed by atoms with Crippen LogP contribution in [-0.4, -0.2) is 19.9 Å². The summed E-state index contributed by atoms with van der Waals surface area (Å²) in [5.74, 6) is 2.47. The Hall–Kier alpha value is -2.43. The molecule has 2 N–H and O–H groups in total. The number of nitrogens with zero attached hydrogens (tertiary/aromatic N) is 3. The lowest BCUT2D eigenvalue weighted by atomic mass is 10.2. The van der Waals surface area contributed by atoms with Gasteiger partial charge in [-0.2, -0.15) is 0 Å². The zero-order valence-electron chi connectivity index (χ0n) is 10.9. The van der Waals surface area contributed by atoms with Gasteiger partial charge in [-0.25, -0.2) is 15.0 Å². The van der Waals surface area contributed by atoms with E-state index in [0.29, 0.717) is 6.54 Å². The summed E-state index contributed by atoms with van der Waals surface area (Å²) in [6.07, 6.45) is 1.74. The monoisotopic (exact) mass is 253 g/mol. The molecule has 2 aromatic heterocycles. The number of anilines is 1. The Labute approximate surface area is 111 Å². The summed E-state index contributed by atoms with van der Waals surface area (Å²) < 4.78 is 0. The van der Waals surface area contributed by atoms with Crippen LogP contribution in [-0.2, 0) is 6.54 Å². The molecule has 5 nitrogen and oxygen atoms in total. The van der Waals surface area contributed by atoms with Crippen LogP contribution >= 0.6 is 0 Å².